The van der Waals surface area contributed by atoms with E-state index in [2.05, 4.69) is 30.9 Å². The van der Waals surface area contributed by atoms with Crippen molar-refractivity contribution in [3.05, 3.63) is 35.4 Å². The Balaban J connectivity index is 2.43. The topological polar surface area (TPSA) is 23.8 Å². The van der Waals surface area contributed by atoms with E-state index in [1.807, 2.05) is 18.2 Å². The van der Waals surface area contributed by atoms with Gasteiger partial charge in [-0.25, -0.2) is 0 Å². The van der Waals surface area contributed by atoms with Crippen LogP contribution >= 0.6 is 0 Å². The summed E-state index contributed by atoms with van der Waals surface area (Å²) in [4.78, 5) is 0. The van der Waals surface area contributed by atoms with E-state index in [9.17, 15) is 0 Å². The Hall–Kier alpha value is -1.73. The number of hydrogen-bond acceptors (Lipinski definition) is 1. The molecule has 0 saturated heterocycles. The van der Waals surface area contributed by atoms with Gasteiger partial charge < -0.3 is 0 Å². The quantitative estimate of drug-likeness (QED) is 0.538. The summed E-state index contributed by atoms with van der Waals surface area (Å²) in [7, 11) is 0. The van der Waals surface area contributed by atoms with Crippen molar-refractivity contribution in [2.45, 2.75) is 39.0 Å². The zero-order valence-corrected chi connectivity index (χ0v) is 9.79. The molecule has 0 spiro atoms. The molecule has 82 valence electrons. The van der Waals surface area contributed by atoms with E-state index in [0.29, 0.717) is 0 Å². The molecule has 0 atom stereocenters. The minimum absolute atomic E-state index is 0.916. The molecule has 0 saturated carbocycles. The van der Waals surface area contributed by atoms with Crippen molar-refractivity contribution >= 4 is 0 Å². The number of rotatable bonds is 5. The number of aryl methyl sites for hydroxylation is 1. The summed E-state index contributed by atoms with van der Waals surface area (Å²) >= 11 is 0. The highest BCUT2D eigenvalue weighted by Crippen LogP contribution is 2.09. The Labute approximate surface area is 98.1 Å². The van der Waals surface area contributed by atoms with Gasteiger partial charge in [0.05, 0.1) is 0 Å². The average Bonchev–Trinajstić information content (AvgIpc) is 2.33. The second-order valence-corrected chi connectivity index (χ2v) is 3.87. The lowest BCUT2D eigenvalue weighted by Crippen LogP contribution is -1.86. The van der Waals surface area contributed by atoms with Gasteiger partial charge in [-0.2, -0.15) is 5.26 Å². The highest BCUT2D eigenvalue weighted by atomic mass is 14.2. The Morgan fingerprint density at radius 2 is 1.81 bits per heavy atom. The molecule has 1 aromatic rings. The maximum atomic E-state index is 8.33. The normalized spacial score (nSPS) is 9.00. The second kappa shape index (κ2) is 7.55. The summed E-state index contributed by atoms with van der Waals surface area (Å²) < 4.78 is 0. The lowest BCUT2D eigenvalue weighted by Gasteiger charge is -2.01. The largest absolute Gasteiger partial charge is 0.183 e. The van der Waals surface area contributed by atoms with E-state index in [0.717, 1.165) is 12.0 Å². The third-order valence-electron chi connectivity index (χ3n) is 2.54. The molecule has 0 aliphatic rings. The summed E-state index contributed by atoms with van der Waals surface area (Å²) in [5, 5.41) is 8.33. The van der Waals surface area contributed by atoms with Gasteiger partial charge in [-0.1, -0.05) is 44.2 Å². The summed E-state index contributed by atoms with van der Waals surface area (Å²) in [6.07, 6.45) is 6.32. The molecule has 0 radical (unpaired) electrons. The van der Waals surface area contributed by atoms with Gasteiger partial charge in [0.1, 0.15) is 0 Å². The Bertz CT molecular complexity index is 398. The number of nitrogens with zero attached hydrogens (tertiary/aromatic N) is 1. The van der Waals surface area contributed by atoms with Crippen molar-refractivity contribution < 1.29 is 0 Å². The summed E-state index contributed by atoms with van der Waals surface area (Å²) in [5.41, 5.74) is 2.28. The SMILES string of the molecule is CCCCCCc1ccc(C#CC#N)cc1. The van der Waals surface area contributed by atoms with Gasteiger partial charge >= 0.3 is 0 Å². The zero-order chi connectivity index (χ0) is 11.6. The summed E-state index contributed by atoms with van der Waals surface area (Å²) in [5.74, 6) is 5.19. The van der Waals surface area contributed by atoms with Crippen molar-refractivity contribution in [1.82, 2.24) is 0 Å². The van der Waals surface area contributed by atoms with Crippen molar-refractivity contribution in [2.24, 2.45) is 0 Å². The molecule has 0 aromatic heterocycles. The molecule has 0 amide bonds. The fraction of sp³-hybridized carbons (Fsp3) is 0.400. The first kappa shape index (κ1) is 12.3. The molecular formula is C15H17N. The van der Waals surface area contributed by atoms with Crippen molar-refractivity contribution in [3.8, 4) is 17.9 Å². The van der Waals surface area contributed by atoms with Gasteiger partial charge in [0.15, 0.2) is 6.07 Å². The first-order valence-corrected chi connectivity index (χ1v) is 5.86. The lowest BCUT2D eigenvalue weighted by atomic mass is 10.0. The number of benzene rings is 1. The molecule has 1 rings (SSSR count). The van der Waals surface area contributed by atoms with E-state index in [4.69, 9.17) is 5.26 Å². The van der Waals surface area contributed by atoms with Crippen LogP contribution in [0.3, 0.4) is 0 Å². The van der Waals surface area contributed by atoms with E-state index < -0.39 is 0 Å². The van der Waals surface area contributed by atoms with Crippen LogP contribution < -0.4 is 0 Å². The Kier molecular flexibility index (Phi) is 5.82. The minimum Gasteiger partial charge on any atom is -0.183 e. The van der Waals surface area contributed by atoms with Crippen LogP contribution in [0.15, 0.2) is 24.3 Å². The van der Waals surface area contributed by atoms with Crippen LogP contribution in [0.4, 0.5) is 0 Å². The number of unbranched alkanes of at least 4 members (excludes halogenated alkanes) is 3. The molecule has 1 nitrogen and oxygen atoms in total. The maximum absolute atomic E-state index is 8.33. The van der Waals surface area contributed by atoms with Crippen LogP contribution in [0.5, 0.6) is 0 Å². The molecular weight excluding hydrogens is 194 g/mol. The van der Waals surface area contributed by atoms with E-state index in [1.54, 1.807) is 0 Å². The molecule has 0 aliphatic heterocycles. The first-order chi connectivity index (χ1) is 7.86. The Morgan fingerprint density at radius 3 is 2.44 bits per heavy atom. The maximum Gasteiger partial charge on any atom is 0.152 e. The van der Waals surface area contributed by atoms with E-state index >= 15 is 0 Å². The van der Waals surface area contributed by atoms with Gasteiger partial charge in [-0.05, 0) is 30.5 Å². The molecule has 0 fully saturated rings. The zero-order valence-electron chi connectivity index (χ0n) is 9.79. The lowest BCUT2D eigenvalue weighted by molar-refractivity contribution is 0.667. The van der Waals surface area contributed by atoms with Crippen molar-refractivity contribution in [3.63, 3.8) is 0 Å². The van der Waals surface area contributed by atoms with Gasteiger partial charge in [0.2, 0.25) is 0 Å². The second-order valence-electron chi connectivity index (χ2n) is 3.87. The third kappa shape index (κ3) is 4.67. The van der Waals surface area contributed by atoms with Crippen LogP contribution in [-0.2, 0) is 6.42 Å². The van der Waals surface area contributed by atoms with Crippen molar-refractivity contribution in [2.75, 3.05) is 0 Å². The molecule has 1 heteroatoms. The molecule has 0 heterocycles. The average molecular weight is 211 g/mol. The molecule has 16 heavy (non-hydrogen) atoms. The molecule has 0 unspecified atom stereocenters. The number of hydrogen-bond donors (Lipinski definition) is 0. The third-order valence-corrected chi connectivity index (χ3v) is 2.54. The fourth-order valence-corrected chi connectivity index (χ4v) is 1.61. The van der Waals surface area contributed by atoms with Gasteiger partial charge in [-0.15, -0.1) is 0 Å². The molecule has 0 bridgehead atoms. The van der Waals surface area contributed by atoms with Crippen LogP contribution in [0.25, 0.3) is 0 Å². The smallest absolute Gasteiger partial charge is 0.152 e. The van der Waals surface area contributed by atoms with Crippen LogP contribution in [0.2, 0.25) is 0 Å². The molecule has 1 aromatic carbocycles. The van der Waals surface area contributed by atoms with E-state index in [-0.39, 0.29) is 0 Å². The predicted molar refractivity (Wildman–Crippen MR) is 66.8 cm³/mol. The standard InChI is InChI=1S/C15H17N/c1-2-3-4-5-7-14-9-11-15(12-10-14)8-6-13-16/h9-12H,2-5,7H2,1H3. The van der Waals surface area contributed by atoms with Gasteiger partial charge in [0, 0.05) is 11.5 Å². The highest BCUT2D eigenvalue weighted by Gasteiger charge is 1.93. The number of nitriles is 1. The highest BCUT2D eigenvalue weighted by molar-refractivity contribution is 5.39. The van der Waals surface area contributed by atoms with Crippen LogP contribution in [-0.4, -0.2) is 0 Å². The molecule has 0 aliphatic carbocycles. The Morgan fingerprint density at radius 1 is 1.06 bits per heavy atom. The predicted octanol–water partition coefficient (Wildman–Crippen LogP) is 3.68. The summed E-state index contributed by atoms with van der Waals surface area (Å²) in [6.45, 7) is 2.22. The summed E-state index contributed by atoms with van der Waals surface area (Å²) in [6, 6.07) is 10.00. The monoisotopic (exact) mass is 211 g/mol. The van der Waals surface area contributed by atoms with Crippen LogP contribution in [0.1, 0.15) is 43.7 Å². The first-order valence-electron chi connectivity index (χ1n) is 5.86. The van der Waals surface area contributed by atoms with Gasteiger partial charge in [-0.3, -0.25) is 0 Å². The van der Waals surface area contributed by atoms with Gasteiger partial charge in [0.25, 0.3) is 0 Å². The molecule has 0 N–H and O–H groups in total. The fourth-order valence-electron chi connectivity index (χ4n) is 1.61. The van der Waals surface area contributed by atoms with Crippen molar-refractivity contribution in [1.29, 1.82) is 5.26 Å². The van der Waals surface area contributed by atoms with E-state index in [1.165, 1.54) is 31.2 Å². The van der Waals surface area contributed by atoms with Crippen LogP contribution in [0, 0.1) is 23.2 Å². The minimum atomic E-state index is 0.916.